The summed E-state index contributed by atoms with van der Waals surface area (Å²) in [6, 6.07) is 10.4. The Balaban J connectivity index is 1.56. The van der Waals surface area contributed by atoms with Crippen LogP contribution in [-0.4, -0.2) is 41.9 Å². The smallest absolute Gasteiger partial charge is 0.257 e. The van der Waals surface area contributed by atoms with Gasteiger partial charge in [-0.25, -0.2) is 8.42 Å². The number of aromatic nitrogens is 2. The van der Waals surface area contributed by atoms with Gasteiger partial charge >= 0.3 is 0 Å². The number of hydrogen-bond donors (Lipinski definition) is 2. The van der Waals surface area contributed by atoms with Gasteiger partial charge < -0.3 is 5.32 Å². The molecule has 1 amide bonds. The highest BCUT2D eigenvalue weighted by atomic mass is 32.2. The molecule has 0 atom stereocenters. The van der Waals surface area contributed by atoms with Crippen molar-refractivity contribution in [1.82, 2.24) is 14.5 Å². The van der Waals surface area contributed by atoms with Crippen LogP contribution in [0.4, 0.5) is 5.82 Å². The number of anilines is 1. The SMILES string of the molecule is Cc1ccc(S(=O)(=O)N2CCCCC2)cc1C(=O)Nc1cc(-c2cccs2)[nH]n1. The first-order valence-corrected chi connectivity index (χ1v) is 11.8. The molecule has 0 radical (unpaired) electrons. The van der Waals surface area contributed by atoms with E-state index in [4.69, 9.17) is 0 Å². The number of carbonyl (C=O) groups excluding carboxylic acids is 1. The lowest BCUT2D eigenvalue weighted by atomic mass is 10.1. The van der Waals surface area contributed by atoms with Crippen molar-refractivity contribution in [2.45, 2.75) is 31.1 Å². The molecule has 2 aromatic heterocycles. The molecule has 3 heterocycles. The van der Waals surface area contributed by atoms with Gasteiger partial charge in [-0.1, -0.05) is 18.6 Å². The van der Waals surface area contributed by atoms with E-state index < -0.39 is 10.0 Å². The first kappa shape index (κ1) is 19.8. The summed E-state index contributed by atoms with van der Waals surface area (Å²) in [4.78, 5) is 14.0. The first-order chi connectivity index (χ1) is 13.9. The number of carbonyl (C=O) groups is 1. The molecule has 1 aliphatic heterocycles. The molecule has 4 rings (SSSR count). The summed E-state index contributed by atoms with van der Waals surface area (Å²) in [6.45, 7) is 2.83. The molecule has 0 bridgehead atoms. The molecule has 0 saturated carbocycles. The van der Waals surface area contributed by atoms with Gasteiger partial charge in [0.15, 0.2) is 5.82 Å². The summed E-state index contributed by atoms with van der Waals surface area (Å²) in [6.07, 6.45) is 2.78. The Kier molecular flexibility index (Phi) is 5.53. The minimum absolute atomic E-state index is 0.149. The van der Waals surface area contributed by atoms with Crippen molar-refractivity contribution in [2.75, 3.05) is 18.4 Å². The van der Waals surface area contributed by atoms with E-state index in [0.717, 1.165) is 29.8 Å². The van der Waals surface area contributed by atoms with Gasteiger partial charge in [0.1, 0.15) is 0 Å². The number of hydrogen-bond acceptors (Lipinski definition) is 5. The lowest BCUT2D eigenvalue weighted by Gasteiger charge is -2.26. The zero-order valence-corrected chi connectivity index (χ0v) is 17.6. The number of aromatic amines is 1. The maximum atomic E-state index is 12.9. The fourth-order valence-electron chi connectivity index (χ4n) is 3.39. The van der Waals surface area contributed by atoms with E-state index in [2.05, 4.69) is 15.5 Å². The number of amides is 1. The number of rotatable bonds is 5. The molecule has 3 aromatic rings. The van der Waals surface area contributed by atoms with Crippen LogP contribution in [0.25, 0.3) is 10.6 Å². The van der Waals surface area contributed by atoms with Gasteiger partial charge in [-0.2, -0.15) is 9.40 Å². The van der Waals surface area contributed by atoms with Crippen molar-refractivity contribution in [3.63, 3.8) is 0 Å². The highest BCUT2D eigenvalue weighted by Crippen LogP contribution is 2.26. The molecule has 152 valence electrons. The van der Waals surface area contributed by atoms with Gasteiger partial charge in [-0.3, -0.25) is 9.89 Å². The molecule has 0 spiro atoms. The van der Waals surface area contributed by atoms with Gasteiger partial charge in [0.05, 0.1) is 15.5 Å². The molecule has 9 heteroatoms. The van der Waals surface area contributed by atoms with Gasteiger partial charge in [-0.05, 0) is 48.9 Å². The Morgan fingerprint density at radius 1 is 1.17 bits per heavy atom. The third kappa shape index (κ3) is 4.12. The molecule has 29 heavy (non-hydrogen) atoms. The van der Waals surface area contributed by atoms with Gasteiger partial charge in [0, 0.05) is 24.7 Å². The summed E-state index contributed by atoms with van der Waals surface area (Å²) in [5.41, 5.74) is 1.84. The second-order valence-corrected chi connectivity index (χ2v) is 9.93. The lowest BCUT2D eigenvalue weighted by molar-refractivity contribution is 0.102. The van der Waals surface area contributed by atoms with Crippen molar-refractivity contribution in [2.24, 2.45) is 0 Å². The fraction of sp³-hybridized carbons (Fsp3) is 0.300. The number of thiophene rings is 1. The number of sulfonamides is 1. The number of nitrogens with one attached hydrogen (secondary N) is 2. The molecule has 1 fully saturated rings. The summed E-state index contributed by atoms with van der Waals surface area (Å²) in [5.74, 6) is 0.00418. The Bertz CT molecular complexity index is 1110. The van der Waals surface area contributed by atoms with Crippen LogP contribution in [0.2, 0.25) is 0 Å². The van der Waals surface area contributed by atoms with Gasteiger partial charge in [0.25, 0.3) is 5.91 Å². The Labute approximate surface area is 173 Å². The van der Waals surface area contributed by atoms with Crippen LogP contribution in [0.5, 0.6) is 0 Å². The zero-order chi connectivity index (χ0) is 20.4. The molecular weight excluding hydrogens is 408 g/mol. The first-order valence-electron chi connectivity index (χ1n) is 9.46. The Morgan fingerprint density at radius 3 is 2.69 bits per heavy atom. The molecule has 1 aliphatic rings. The van der Waals surface area contributed by atoms with Crippen molar-refractivity contribution in [1.29, 1.82) is 0 Å². The van der Waals surface area contributed by atoms with Crippen LogP contribution in [0, 0.1) is 6.92 Å². The molecule has 0 unspecified atom stereocenters. The standard InChI is InChI=1S/C20H22N4O3S2/c1-14-7-8-15(29(26,27)24-9-3-2-4-10-24)12-16(14)20(25)21-19-13-17(22-23-19)18-6-5-11-28-18/h5-8,11-13H,2-4,9-10H2,1H3,(H2,21,22,23,25). The maximum Gasteiger partial charge on any atom is 0.257 e. The average molecular weight is 431 g/mol. The molecule has 1 saturated heterocycles. The van der Waals surface area contributed by atoms with E-state index in [9.17, 15) is 13.2 Å². The predicted molar refractivity (Wildman–Crippen MR) is 114 cm³/mol. The van der Waals surface area contributed by atoms with Gasteiger partial charge in [-0.15, -0.1) is 11.3 Å². The number of aryl methyl sites for hydroxylation is 1. The van der Waals surface area contributed by atoms with Crippen LogP contribution < -0.4 is 5.32 Å². The fourth-order valence-corrected chi connectivity index (χ4v) is 5.62. The quantitative estimate of drug-likeness (QED) is 0.642. The number of nitrogens with zero attached hydrogens (tertiary/aromatic N) is 2. The predicted octanol–water partition coefficient (Wildman–Crippen LogP) is 3.87. The van der Waals surface area contributed by atoms with E-state index in [1.165, 1.54) is 10.4 Å². The average Bonchev–Trinajstić information content (AvgIpc) is 3.40. The van der Waals surface area contributed by atoms with Crippen LogP contribution in [-0.2, 0) is 10.0 Å². The minimum Gasteiger partial charge on any atom is -0.305 e. The van der Waals surface area contributed by atoms with Crippen molar-refractivity contribution in [3.05, 3.63) is 52.9 Å². The Hall–Kier alpha value is -2.49. The molecule has 2 N–H and O–H groups in total. The maximum absolute atomic E-state index is 12.9. The monoisotopic (exact) mass is 430 g/mol. The van der Waals surface area contributed by atoms with Crippen LogP contribution in [0.3, 0.4) is 0 Å². The molecular formula is C20H22N4O3S2. The zero-order valence-electron chi connectivity index (χ0n) is 16.0. The number of H-pyrrole nitrogens is 1. The van der Waals surface area contributed by atoms with Crippen molar-refractivity contribution in [3.8, 4) is 10.6 Å². The number of piperidine rings is 1. The molecule has 1 aromatic carbocycles. The third-order valence-corrected chi connectivity index (χ3v) is 7.81. The topological polar surface area (TPSA) is 95.2 Å². The molecule has 7 nitrogen and oxygen atoms in total. The molecule has 0 aliphatic carbocycles. The van der Waals surface area contributed by atoms with Crippen LogP contribution in [0.15, 0.2) is 46.7 Å². The second kappa shape index (κ2) is 8.10. The Morgan fingerprint density at radius 2 is 1.97 bits per heavy atom. The van der Waals surface area contributed by atoms with Crippen LogP contribution in [0.1, 0.15) is 35.2 Å². The second-order valence-electron chi connectivity index (χ2n) is 7.04. The highest BCUT2D eigenvalue weighted by molar-refractivity contribution is 7.89. The van der Waals surface area contributed by atoms with Crippen molar-refractivity contribution >= 4 is 33.1 Å². The number of benzene rings is 1. The largest absolute Gasteiger partial charge is 0.305 e. The van der Waals surface area contributed by atoms with E-state index >= 15 is 0 Å². The van der Waals surface area contributed by atoms with E-state index in [1.54, 1.807) is 36.5 Å². The summed E-state index contributed by atoms with van der Waals surface area (Å²) in [7, 11) is -3.60. The summed E-state index contributed by atoms with van der Waals surface area (Å²) >= 11 is 1.57. The van der Waals surface area contributed by atoms with Crippen LogP contribution >= 0.6 is 11.3 Å². The lowest BCUT2D eigenvalue weighted by Crippen LogP contribution is -2.35. The normalized spacial score (nSPS) is 15.3. The van der Waals surface area contributed by atoms with Gasteiger partial charge in [0.2, 0.25) is 10.0 Å². The highest BCUT2D eigenvalue weighted by Gasteiger charge is 2.27. The third-order valence-electron chi connectivity index (χ3n) is 5.01. The van der Waals surface area contributed by atoms with E-state index in [0.29, 0.717) is 30.0 Å². The summed E-state index contributed by atoms with van der Waals surface area (Å²) in [5, 5.41) is 11.8. The van der Waals surface area contributed by atoms with Crippen molar-refractivity contribution < 1.29 is 13.2 Å². The summed E-state index contributed by atoms with van der Waals surface area (Å²) < 4.78 is 27.4. The van der Waals surface area contributed by atoms with E-state index in [1.807, 2.05) is 17.5 Å². The minimum atomic E-state index is -3.60. The van der Waals surface area contributed by atoms with E-state index in [-0.39, 0.29) is 10.8 Å².